The summed E-state index contributed by atoms with van der Waals surface area (Å²) in [6.45, 7) is 3.06. The molecule has 1 aliphatic rings. The van der Waals surface area contributed by atoms with Gasteiger partial charge in [-0.2, -0.15) is 0 Å². The molecule has 1 saturated heterocycles. The largest absolute Gasteiger partial charge is 0.481 e. The van der Waals surface area contributed by atoms with E-state index in [9.17, 15) is 39.3 Å². The first-order chi connectivity index (χ1) is 15.8. The lowest BCUT2D eigenvalue weighted by Gasteiger charge is -2.43. The van der Waals surface area contributed by atoms with Gasteiger partial charge in [0.2, 0.25) is 23.6 Å². The van der Waals surface area contributed by atoms with Gasteiger partial charge in [0.25, 0.3) is 0 Å². The summed E-state index contributed by atoms with van der Waals surface area (Å²) in [5.74, 6) is -4.34. The number of carboxylic acid groups (broad SMARTS) is 1. The van der Waals surface area contributed by atoms with Crippen LogP contribution in [-0.2, 0) is 33.4 Å². The summed E-state index contributed by atoms with van der Waals surface area (Å²) in [6.07, 6.45) is -7.74. The maximum atomic E-state index is 12.5. The number of carbonyl (C=O) groups excluding carboxylic acids is 4. The number of aliphatic carboxylic acids is 1. The highest BCUT2D eigenvalue weighted by Crippen LogP contribution is 2.23. The van der Waals surface area contributed by atoms with E-state index in [1.165, 1.54) is 13.8 Å². The lowest BCUT2D eigenvalue weighted by atomic mass is 9.96. The first-order valence-corrected chi connectivity index (χ1v) is 10.4. The molecule has 15 heteroatoms. The third kappa shape index (κ3) is 8.49. The summed E-state index contributed by atoms with van der Waals surface area (Å²) in [6, 6.07) is -3.71. The molecule has 194 valence electrons. The Labute approximate surface area is 195 Å². The van der Waals surface area contributed by atoms with Crippen LogP contribution < -0.4 is 21.7 Å². The number of nitrogens with two attached hydrogens (primary N) is 1. The Morgan fingerprint density at radius 2 is 1.71 bits per heavy atom. The molecule has 0 aromatic heterocycles. The van der Waals surface area contributed by atoms with Gasteiger partial charge in [0.1, 0.15) is 42.5 Å². The fourth-order valence-electron chi connectivity index (χ4n) is 3.18. The van der Waals surface area contributed by atoms with E-state index in [1.807, 2.05) is 0 Å². The maximum absolute atomic E-state index is 12.5. The van der Waals surface area contributed by atoms with Crippen molar-refractivity contribution in [3.05, 3.63) is 0 Å². The first-order valence-electron chi connectivity index (χ1n) is 10.4. The van der Waals surface area contributed by atoms with Gasteiger partial charge in [-0.25, -0.2) is 0 Å². The van der Waals surface area contributed by atoms with Crippen molar-refractivity contribution in [3.8, 4) is 0 Å². The zero-order valence-electron chi connectivity index (χ0n) is 19.0. The van der Waals surface area contributed by atoms with Crippen LogP contribution in [0.5, 0.6) is 0 Å². The number of amides is 4. The topological polar surface area (TPSA) is 247 Å². The van der Waals surface area contributed by atoms with Crippen molar-refractivity contribution in [2.45, 2.75) is 82.4 Å². The molecular weight excluding hydrogens is 460 g/mol. The van der Waals surface area contributed by atoms with E-state index in [0.29, 0.717) is 0 Å². The minimum absolute atomic E-state index is 0.239. The van der Waals surface area contributed by atoms with Crippen molar-refractivity contribution in [1.29, 1.82) is 0 Å². The number of primary amides is 1. The molecular formula is C19H32N4O11. The molecule has 0 spiro atoms. The van der Waals surface area contributed by atoms with Crippen LogP contribution in [0, 0.1) is 0 Å². The third-order valence-corrected chi connectivity index (χ3v) is 5.03. The molecule has 0 aromatic carbocycles. The number of hydrogen-bond acceptors (Lipinski definition) is 10. The molecule has 15 nitrogen and oxygen atoms in total. The highest BCUT2D eigenvalue weighted by molar-refractivity contribution is 5.92. The molecule has 0 aromatic rings. The van der Waals surface area contributed by atoms with Gasteiger partial charge in [0.05, 0.1) is 6.61 Å². The van der Waals surface area contributed by atoms with Crippen LogP contribution in [0.2, 0.25) is 0 Å². The highest BCUT2D eigenvalue weighted by atomic mass is 16.6. The average molecular weight is 492 g/mol. The summed E-state index contributed by atoms with van der Waals surface area (Å²) in [4.78, 5) is 58.4. The summed E-state index contributed by atoms with van der Waals surface area (Å²) < 4.78 is 10.6. The molecule has 4 amide bonds. The van der Waals surface area contributed by atoms with Gasteiger partial charge in [-0.05, 0) is 20.3 Å². The summed E-state index contributed by atoms with van der Waals surface area (Å²) in [5, 5.41) is 45.5. The molecule has 1 heterocycles. The molecule has 1 unspecified atom stereocenters. The van der Waals surface area contributed by atoms with Crippen LogP contribution in [-0.4, -0.2) is 105 Å². The first kappa shape index (κ1) is 29.2. The predicted molar refractivity (Wildman–Crippen MR) is 112 cm³/mol. The van der Waals surface area contributed by atoms with Crippen LogP contribution in [0.25, 0.3) is 0 Å². The van der Waals surface area contributed by atoms with E-state index >= 15 is 0 Å². The van der Waals surface area contributed by atoms with Crippen molar-refractivity contribution in [2.24, 2.45) is 5.73 Å². The molecule has 0 aliphatic carbocycles. The fourth-order valence-corrected chi connectivity index (χ4v) is 3.18. The van der Waals surface area contributed by atoms with E-state index in [-0.39, 0.29) is 6.42 Å². The third-order valence-electron chi connectivity index (χ3n) is 5.03. The summed E-state index contributed by atoms with van der Waals surface area (Å²) >= 11 is 0. The van der Waals surface area contributed by atoms with E-state index in [2.05, 4.69) is 16.0 Å². The van der Waals surface area contributed by atoms with Gasteiger partial charge in [-0.1, -0.05) is 0 Å². The number of carbonyl (C=O) groups is 5. The van der Waals surface area contributed by atoms with Crippen molar-refractivity contribution in [1.82, 2.24) is 16.0 Å². The van der Waals surface area contributed by atoms with E-state index in [1.54, 1.807) is 0 Å². The maximum Gasteiger partial charge on any atom is 0.303 e. The smallest absolute Gasteiger partial charge is 0.303 e. The number of nitrogens with one attached hydrogen (secondary N) is 3. The lowest BCUT2D eigenvalue weighted by Crippen LogP contribution is -2.65. The second-order valence-corrected chi connectivity index (χ2v) is 7.83. The normalized spacial score (nSPS) is 27.1. The number of ether oxygens (including phenoxy) is 2. The van der Waals surface area contributed by atoms with E-state index in [0.717, 1.165) is 6.92 Å². The Hall–Kier alpha value is -2.85. The summed E-state index contributed by atoms with van der Waals surface area (Å²) in [7, 11) is 0. The Morgan fingerprint density at radius 1 is 1.09 bits per heavy atom. The van der Waals surface area contributed by atoms with Crippen molar-refractivity contribution >= 4 is 29.6 Å². The second kappa shape index (κ2) is 13.1. The molecule has 1 fully saturated rings. The zero-order chi connectivity index (χ0) is 26.2. The molecule has 1 aliphatic heterocycles. The van der Waals surface area contributed by atoms with Gasteiger partial charge in [0.15, 0.2) is 6.29 Å². The van der Waals surface area contributed by atoms with Crippen molar-refractivity contribution in [2.75, 3.05) is 6.61 Å². The van der Waals surface area contributed by atoms with Crippen LogP contribution in [0.1, 0.15) is 33.6 Å². The minimum Gasteiger partial charge on any atom is -0.481 e. The molecule has 0 radical (unpaired) electrons. The number of carboxylic acids is 1. The standard InChI is InChI=1S/C19H32N4O11/c1-7(17(30)23-10(16(20)29)4-5-12(26)27)21-18(31)8(2)33-15-13(22-9(3)25)19(32)34-11(6-24)14(15)28/h7-8,10-11,13-15,19,24,28,32H,4-6H2,1-3H3,(H2,20,29)(H,21,31)(H,22,25)(H,23,30)(H,26,27)/t7-,8?,10-,11+,13+,14+,15+,19-/m0/s1. The van der Waals surface area contributed by atoms with Crippen molar-refractivity contribution < 1.29 is 53.9 Å². The molecule has 9 N–H and O–H groups in total. The zero-order valence-corrected chi connectivity index (χ0v) is 19.0. The number of rotatable bonds is 12. The molecule has 0 bridgehead atoms. The average Bonchev–Trinajstić information content (AvgIpc) is 2.74. The van der Waals surface area contributed by atoms with Gasteiger partial charge >= 0.3 is 5.97 Å². The Balaban J connectivity index is 2.80. The van der Waals surface area contributed by atoms with Crippen LogP contribution in [0.3, 0.4) is 0 Å². The van der Waals surface area contributed by atoms with Crippen LogP contribution >= 0.6 is 0 Å². The second-order valence-electron chi connectivity index (χ2n) is 7.83. The Bertz CT molecular complexity index is 765. The van der Waals surface area contributed by atoms with Gasteiger partial charge in [-0.15, -0.1) is 0 Å². The van der Waals surface area contributed by atoms with E-state index < -0.39 is 91.5 Å². The van der Waals surface area contributed by atoms with E-state index in [4.69, 9.17) is 20.3 Å². The Kier molecular flexibility index (Phi) is 11.3. The minimum atomic E-state index is -1.65. The van der Waals surface area contributed by atoms with Crippen LogP contribution in [0.15, 0.2) is 0 Å². The number of hydrogen-bond donors (Lipinski definition) is 8. The quantitative estimate of drug-likeness (QED) is 0.129. The highest BCUT2D eigenvalue weighted by Gasteiger charge is 2.47. The monoisotopic (exact) mass is 492 g/mol. The van der Waals surface area contributed by atoms with Gasteiger partial charge < -0.3 is 51.6 Å². The van der Waals surface area contributed by atoms with Gasteiger partial charge in [-0.3, -0.25) is 24.0 Å². The molecule has 1 rings (SSSR count). The summed E-state index contributed by atoms with van der Waals surface area (Å²) in [5.41, 5.74) is 5.16. The number of aliphatic hydroxyl groups excluding tert-OH is 3. The predicted octanol–water partition coefficient (Wildman–Crippen LogP) is -4.33. The molecule has 8 atom stereocenters. The SMILES string of the molecule is CC(=O)N[C@@H]1[C@@H](OC(C)C(=O)N[C@@H](C)C(=O)N[C@@H](CCC(=O)O)C(N)=O)[C@H](O)[C@@H](CO)O[C@@H]1O. The molecule has 34 heavy (non-hydrogen) atoms. The fraction of sp³-hybridized carbons (Fsp3) is 0.737. The molecule has 0 saturated carbocycles. The number of aliphatic hydroxyl groups is 3. The Morgan fingerprint density at radius 3 is 2.21 bits per heavy atom. The van der Waals surface area contributed by atoms with Gasteiger partial charge in [0, 0.05) is 13.3 Å². The van der Waals surface area contributed by atoms with Crippen LogP contribution in [0.4, 0.5) is 0 Å². The van der Waals surface area contributed by atoms with Crippen molar-refractivity contribution in [3.63, 3.8) is 0 Å². The lowest BCUT2D eigenvalue weighted by molar-refractivity contribution is -0.266.